The molecule has 1 amide bonds. The van der Waals surface area contributed by atoms with Gasteiger partial charge in [-0.2, -0.15) is 0 Å². The van der Waals surface area contributed by atoms with E-state index < -0.39 is 11.5 Å². The highest BCUT2D eigenvalue weighted by Crippen LogP contribution is 2.40. The third kappa shape index (κ3) is 12.9. The zero-order chi connectivity index (χ0) is 45.8. The van der Waals surface area contributed by atoms with Crippen molar-refractivity contribution >= 4 is 22.6 Å². The molecular weight excluding hydrogens is 835 g/mol. The van der Waals surface area contributed by atoms with Gasteiger partial charge in [-0.1, -0.05) is 140 Å². The minimum absolute atomic E-state index is 0.0343. The molecule has 11 heteroatoms. The number of carbonyl (C=O) groups excluding carboxylic acids is 2. The van der Waals surface area contributed by atoms with E-state index in [0.717, 1.165) is 33.0 Å². The monoisotopic (exact) mass is 893 g/mol. The maximum absolute atomic E-state index is 13.9. The van der Waals surface area contributed by atoms with Crippen LogP contribution in [0, 0.1) is 0 Å². The molecule has 6 aromatic rings. The molecule has 0 radical (unpaired) electrons. The number of aromatic hydroxyl groups is 1. The molecule has 11 nitrogen and oxygen atoms in total. The van der Waals surface area contributed by atoms with Gasteiger partial charge < -0.3 is 43.6 Å². The van der Waals surface area contributed by atoms with E-state index in [1.807, 2.05) is 133 Å². The number of carbonyl (C=O) groups is 2. The van der Waals surface area contributed by atoms with E-state index in [9.17, 15) is 14.7 Å². The maximum Gasteiger partial charge on any atom is 0.311 e. The Balaban J connectivity index is 1.04. The summed E-state index contributed by atoms with van der Waals surface area (Å²) in [5.41, 5.74) is 4.01. The predicted molar refractivity (Wildman–Crippen MR) is 254 cm³/mol. The molecule has 7 rings (SSSR count). The first-order chi connectivity index (χ1) is 32.4. The number of phenols is 1. The lowest BCUT2D eigenvalue weighted by Crippen LogP contribution is -2.47. The van der Waals surface area contributed by atoms with Gasteiger partial charge in [-0.3, -0.25) is 9.59 Å². The first-order valence-electron chi connectivity index (χ1n) is 22.7. The third-order valence-electron chi connectivity index (χ3n) is 11.3. The first-order valence-corrected chi connectivity index (χ1v) is 22.7. The average Bonchev–Trinajstić information content (AvgIpc) is 3.34. The van der Waals surface area contributed by atoms with Crippen molar-refractivity contribution in [2.45, 2.75) is 44.1 Å². The van der Waals surface area contributed by atoms with Crippen LogP contribution in [0.5, 0.6) is 23.0 Å². The van der Waals surface area contributed by atoms with Gasteiger partial charge in [0.25, 0.3) is 0 Å². The van der Waals surface area contributed by atoms with Crippen LogP contribution in [-0.4, -0.2) is 83.1 Å². The van der Waals surface area contributed by atoms with Crippen molar-refractivity contribution in [2.75, 3.05) is 66.1 Å². The zero-order valence-electron chi connectivity index (χ0n) is 37.4. The normalized spacial score (nSPS) is 15.0. The Hall–Kier alpha value is -6.50. The molecule has 344 valence electrons. The van der Waals surface area contributed by atoms with E-state index in [1.165, 1.54) is 0 Å². The predicted octanol–water partition coefficient (Wildman–Crippen LogP) is 9.30. The number of esters is 1. The molecule has 0 saturated carbocycles. The van der Waals surface area contributed by atoms with Crippen molar-refractivity contribution in [3.8, 4) is 23.0 Å². The summed E-state index contributed by atoms with van der Waals surface area (Å²) in [4.78, 5) is 27.6. The van der Waals surface area contributed by atoms with Gasteiger partial charge in [-0.25, -0.2) is 0 Å². The fraction of sp³-hybridized carbons (Fsp3) is 0.309. The molecule has 4 bridgehead atoms. The molecule has 0 saturated heterocycles. The standard InChI is InChI=1S/C55H59NO10/c1-41-38-43-17-15-25-49(64-36-34-62-32-30-60-28-29-61-31-33-63-35-37-65-50-40-42-16-11-12-24-47(42)48(39-41)53(50)59)54(43)66-52(58)27-14-13-26-51(57)56-55(44-18-5-2-6-19-44,45-20-7-3-8-21-45)46-22-9-4-10-23-46/h2-12,15-25,40,59H,1,13-14,26-39H2,(H,56,57). The number of hydrogen-bond donors (Lipinski definition) is 2. The molecule has 0 spiro atoms. The lowest BCUT2D eigenvalue weighted by Gasteiger charge is -2.37. The van der Waals surface area contributed by atoms with Crippen molar-refractivity contribution in [2.24, 2.45) is 0 Å². The Bertz CT molecular complexity index is 2380. The Morgan fingerprint density at radius 2 is 1.08 bits per heavy atom. The number of rotatable bonds is 10. The summed E-state index contributed by atoms with van der Waals surface area (Å²) >= 11 is 0. The fourth-order valence-corrected chi connectivity index (χ4v) is 8.14. The minimum Gasteiger partial charge on any atom is -0.504 e. The third-order valence-corrected chi connectivity index (χ3v) is 11.3. The van der Waals surface area contributed by atoms with E-state index in [2.05, 4.69) is 11.9 Å². The molecule has 0 atom stereocenters. The topological polar surface area (TPSA) is 131 Å². The molecule has 0 aromatic heterocycles. The Kier molecular flexibility index (Phi) is 17.8. The number of fused-ring (bicyclic) bond motifs is 6. The van der Waals surface area contributed by atoms with Crippen molar-refractivity contribution in [3.05, 3.63) is 179 Å². The van der Waals surface area contributed by atoms with Crippen LogP contribution in [0.1, 0.15) is 53.5 Å². The number of phenolic OH excluding ortho intramolecular Hbond substituents is 1. The molecule has 0 unspecified atom stereocenters. The van der Waals surface area contributed by atoms with Crippen molar-refractivity contribution in [1.29, 1.82) is 0 Å². The van der Waals surface area contributed by atoms with Crippen molar-refractivity contribution in [3.63, 3.8) is 0 Å². The summed E-state index contributed by atoms with van der Waals surface area (Å²) in [6.45, 7) is 7.90. The van der Waals surface area contributed by atoms with E-state index in [1.54, 1.807) is 6.07 Å². The largest absolute Gasteiger partial charge is 0.504 e. The lowest BCUT2D eigenvalue weighted by atomic mass is 9.77. The molecule has 0 fully saturated rings. The number of benzene rings is 6. The van der Waals surface area contributed by atoms with Crippen molar-refractivity contribution < 1.29 is 47.9 Å². The smallest absolute Gasteiger partial charge is 0.311 e. The average molecular weight is 894 g/mol. The fourth-order valence-electron chi connectivity index (χ4n) is 8.14. The van der Waals surface area contributed by atoms with Crippen LogP contribution < -0.4 is 19.5 Å². The Morgan fingerprint density at radius 3 is 1.65 bits per heavy atom. The van der Waals surface area contributed by atoms with Gasteiger partial charge >= 0.3 is 5.97 Å². The van der Waals surface area contributed by atoms with Gasteiger partial charge in [0.15, 0.2) is 23.0 Å². The second-order valence-electron chi connectivity index (χ2n) is 16.0. The highest BCUT2D eigenvalue weighted by Gasteiger charge is 2.37. The second-order valence-corrected chi connectivity index (χ2v) is 16.0. The molecule has 66 heavy (non-hydrogen) atoms. The summed E-state index contributed by atoms with van der Waals surface area (Å²) in [5.74, 6) is 0.472. The van der Waals surface area contributed by atoms with E-state index >= 15 is 0 Å². The number of unbranched alkanes of at least 4 members (excludes halogenated alkanes) is 1. The number of allylic oxidation sites excluding steroid dienone is 1. The number of hydrogen-bond acceptors (Lipinski definition) is 10. The molecule has 2 N–H and O–H groups in total. The van der Waals surface area contributed by atoms with Gasteiger partial charge in [-0.15, -0.1) is 0 Å². The van der Waals surface area contributed by atoms with Crippen LogP contribution in [0.15, 0.2) is 152 Å². The van der Waals surface area contributed by atoms with Crippen molar-refractivity contribution in [1.82, 2.24) is 5.32 Å². The van der Waals surface area contributed by atoms with Gasteiger partial charge in [-0.05, 0) is 65.3 Å². The molecule has 1 aliphatic rings. The van der Waals surface area contributed by atoms with Crippen LogP contribution in [0.4, 0.5) is 0 Å². The van der Waals surface area contributed by atoms with Gasteiger partial charge in [0.05, 0.1) is 52.9 Å². The van der Waals surface area contributed by atoms with Crippen LogP contribution in [0.25, 0.3) is 10.8 Å². The summed E-state index contributed by atoms with van der Waals surface area (Å²) in [7, 11) is 0. The van der Waals surface area contributed by atoms with E-state index in [0.29, 0.717) is 100 Å². The molecule has 1 heterocycles. The Morgan fingerprint density at radius 1 is 0.576 bits per heavy atom. The quantitative estimate of drug-likeness (QED) is 0.0451. The maximum atomic E-state index is 13.9. The highest BCUT2D eigenvalue weighted by atomic mass is 16.6. The molecule has 1 aliphatic heterocycles. The Labute approximate surface area is 387 Å². The van der Waals surface area contributed by atoms with E-state index in [-0.39, 0.29) is 44.3 Å². The van der Waals surface area contributed by atoms with Crippen LogP contribution in [0.3, 0.4) is 0 Å². The summed E-state index contributed by atoms with van der Waals surface area (Å²) in [5, 5.41) is 16.7. The molecule has 0 aliphatic carbocycles. The number of nitrogens with one attached hydrogen (secondary N) is 1. The zero-order valence-corrected chi connectivity index (χ0v) is 37.4. The summed E-state index contributed by atoms with van der Waals surface area (Å²) in [6, 6.07) is 45.0. The highest BCUT2D eigenvalue weighted by molar-refractivity contribution is 5.90. The summed E-state index contributed by atoms with van der Waals surface area (Å²) in [6.07, 6.45) is 1.81. The first kappa shape index (κ1) is 47.5. The SMILES string of the molecule is C=C1Cc2cccc(c2OC(=O)CCCCC(=O)NC(c2ccccc2)(c2ccccc2)c2ccccc2)OCCOCCOCCOCCOCCOc2cc3ccccc3c(c2O)C1. The van der Waals surface area contributed by atoms with Gasteiger partial charge in [0.2, 0.25) is 5.91 Å². The number of amides is 1. The molecular formula is C55H59NO10. The second kappa shape index (κ2) is 24.7. The number of para-hydroxylation sites is 1. The lowest BCUT2D eigenvalue weighted by molar-refractivity contribution is -0.135. The minimum atomic E-state index is -0.929. The van der Waals surface area contributed by atoms with E-state index in [4.69, 9.17) is 33.2 Å². The molecule has 6 aromatic carbocycles. The summed E-state index contributed by atoms with van der Waals surface area (Å²) < 4.78 is 41.0. The van der Waals surface area contributed by atoms with Crippen LogP contribution in [0.2, 0.25) is 0 Å². The van der Waals surface area contributed by atoms with Crippen LogP contribution in [-0.2, 0) is 46.9 Å². The van der Waals surface area contributed by atoms with Gasteiger partial charge in [0, 0.05) is 24.0 Å². The number of ether oxygens (including phenoxy) is 7. The van der Waals surface area contributed by atoms with Gasteiger partial charge in [0.1, 0.15) is 18.8 Å². The van der Waals surface area contributed by atoms with Crippen LogP contribution >= 0.6 is 0 Å².